The van der Waals surface area contributed by atoms with Crippen LogP contribution < -0.4 is 5.32 Å². The number of ether oxygens (including phenoxy) is 1. The summed E-state index contributed by atoms with van der Waals surface area (Å²) in [4.78, 5) is 19.2. The molecule has 0 aliphatic carbocycles. The van der Waals surface area contributed by atoms with Gasteiger partial charge in [-0.15, -0.1) is 0 Å². The van der Waals surface area contributed by atoms with Crippen molar-refractivity contribution in [3.05, 3.63) is 35.7 Å². The molecule has 1 fully saturated rings. The lowest BCUT2D eigenvalue weighted by atomic mass is 9.97. The summed E-state index contributed by atoms with van der Waals surface area (Å²) in [7, 11) is 0. The zero-order valence-electron chi connectivity index (χ0n) is 17.7. The predicted molar refractivity (Wildman–Crippen MR) is 111 cm³/mol. The summed E-state index contributed by atoms with van der Waals surface area (Å²) in [6, 6.07) is 8.06. The molecule has 2 aromatic rings. The van der Waals surface area contributed by atoms with E-state index in [4.69, 9.17) is 9.26 Å². The molecule has 7 heteroatoms. The van der Waals surface area contributed by atoms with Gasteiger partial charge in [-0.25, -0.2) is 0 Å². The first-order valence-electron chi connectivity index (χ1n) is 10.5. The molecule has 2 heterocycles. The van der Waals surface area contributed by atoms with Crippen LogP contribution in [0.2, 0.25) is 0 Å². The number of nitrogens with zero attached hydrogens (tertiary/aromatic N) is 3. The minimum Gasteiger partial charge on any atom is -0.379 e. The third-order valence-electron chi connectivity index (χ3n) is 5.05. The highest BCUT2D eigenvalue weighted by Crippen LogP contribution is 2.21. The van der Waals surface area contributed by atoms with E-state index in [-0.39, 0.29) is 17.9 Å². The normalized spacial score (nSPS) is 17.6. The number of amides is 1. The third-order valence-corrected chi connectivity index (χ3v) is 5.05. The van der Waals surface area contributed by atoms with E-state index in [2.05, 4.69) is 20.4 Å². The van der Waals surface area contributed by atoms with Crippen LogP contribution in [0.1, 0.15) is 44.6 Å². The molecule has 1 aromatic carbocycles. The predicted octanol–water partition coefficient (Wildman–Crippen LogP) is 3.19. The summed E-state index contributed by atoms with van der Waals surface area (Å²) in [5, 5.41) is 7.16. The summed E-state index contributed by atoms with van der Waals surface area (Å²) in [6.07, 6.45) is 2.98. The van der Waals surface area contributed by atoms with E-state index in [1.807, 2.05) is 45.0 Å². The van der Waals surface area contributed by atoms with E-state index in [0.29, 0.717) is 31.4 Å². The molecule has 1 unspecified atom stereocenters. The minimum atomic E-state index is 0.00827. The number of benzene rings is 1. The lowest BCUT2D eigenvalue weighted by Crippen LogP contribution is -2.43. The molecule has 0 spiro atoms. The zero-order chi connectivity index (χ0) is 20.6. The van der Waals surface area contributed by atoms with E-state index in [9.17, 15) is 4.79 Å². The van der Waals surface area contributed by atoms with Crippen molar-refractivity contribution < 1.29 is 14.1 Å². The highest BCUT2D eigenvalue weighted by atomic mass is 16.5. The second kappa shape index (κ2) is 10.5. The van der Waals surface area contributed by atoms with Crippen molar-refractivity contribution in [2.45, 2.75) is 52.7 Å². The molecule has 1 N–H and O–H groups in total. The van der Waals surface area contributed by atoms with Gasteiger partial charge in [-0.05, 0) is 52.6 Å². The Morgan fingerprint density at radius 3 is 3.07 bits per heavy atom. The Kier molecular flexibility index (Phi) is 7.77. The Bertz CT molecular complexity index is 790. The van der Waals surface area contributed by atoms with Crippen LogP contribution in [0.5, 0.6) is 0 Å². The second-order valence-corrected chi connectivity index (χ2v) is 8.02. The third kappa shape index (κ3) is 6.65. The second-order valence-electron chi connectivity index (χ2n) is 8.02. The number of carbonyl (C=O) groups is 1. The first kappa shape index (κ1) is 21.5. The number of nitrogens with one attached hydrogen (secondary N) is 1. The minimum absolute atomic E-state index is 0.00827. The standard InChI is InChI=1S/C22H32N4O3/c1-16(2)28-12-6-10-23-22(27)19-9-5-11-26(14-19)15-20-24-21(25-29-20)18-8-4-7-17(3)13-18/h4,7-8,13,16,19H,5-6,9-12,14-15H2,1-3H3,(H,23,27). The highest BCUT2D eigenvalue weighted by molar-refractivity contribution is 5.78. The maximum Gasteiger partial charge on any atom is 0.241 e. The van der Waals surface area contributed by atoms with Crippen molar-refractivity contribution in [1.29, 1.82) is 0 Å². The number of likely N-dealkylation sites (tertiary alicyclic amines) is 1. The van der Waals surface area contributed by atoms with E-state index in [1.54, 1.807) is 0 Å². The Morgan fingerprint density at radius 2 is 2.28 bits per heavy atom. The lowest BCUT2D eigenvalue weighted by molar-refractivity contribution is -0.126. The molecule has 1 aliphatic rings. The molecule has 0 radical (unpaired) electrons. The Hall–Kier alpha value is -2.25. The summed E-state index contributed by atoms with van der Waals surface area (Å²) >= 11 is 0. The molecular formula is C22H32N4O3. The van der Waals surface area contributed by atoms with Gasteiger partial charge in [-0.2, -0.15) is 4.98 Å². The van der Waals surface area contributed by atoms with Crippen LogP contribution in [0.25, 0.3) is 11.4 Å². The molecule has 1 saturated heterocycles. The molecule has 29 heavy (non-hydrogen) atoms. The fourth-order valence-electron chi connectivity index (χ4n) is 3.57. The topological polar surface area (TPSA) is 80.5 Å². The van der Waals surface area contributed by atoms with Crippen LogP contribution in [-0.2, 0) is 16.1 Å². The van der Waals surface area contributed by atoms with Crippen LogP contribution in [0.4, 0.5) is 0 Å². The zero-order valence-corrected chi connectivity index (χ0v) is 17.7. The molecular weight excluding hydrogens is 368 g/mol. The van der Waals surface area contributed by atoms with E-state index < -0.39 is 0 Å². The maximum atomic E-state index is 12.5. The van der Waals surface area contributed by atoms with Crippen LogP contribution >= 0.6 is 0 Å². The van der Waals surface area contributed by atoms with Crippen LogP contribution in [0.15, 0.2) is 28.8 Å². The summed E-state index contributed by atoms with van der Waals surface area (Å²) < 4.78 is 11.0. The Balaban J connectivity index is 1.47. The summed E-state index contributed by atoms with van der Waals surface area (Å²) in [5.41, 5.74) is 2.12. The Labute approximate surface area is 172 Å². The molecule has 3 rings (SSSR count). The van der Waals surface area contributed by atoms with Gasteiger partial charge in [0.1, 0.15) is 0 Å². The van der Waals surface area contributed by atoms with Gasteiger partial charge in [0.2, 0.25) is 17.6 Å². The first-order chi connectivity index (χ1) is 14.0. The molecule has 1 aliphatic heterocycles. The summed E-state index contributed by atoms with van der Waals surface area (Å²) in [6.45, 7) is 9.64. The fourth-order valence-corrected chi connectivity index (χ4v) is 3.57. The van der Waals surface area contributed by atoms with Crippen LogP contribution in [0, 0.1) is 12.8 Å². The number of piperidine rings is 1. The quantitative estimate of drug-likeness (QED) is 0.651. The van der Waals surface area contributed by atoms with Gasteiger partial charge < -0.3 is 14.6 Å². The average molecular weight is 401 g/mol. The molecule has 0 saturated carbocycles. The van der Waals surface area contributed by atoms with Crippen molar-refractivity contribution in [3.63, 3.8) is 0 Å². The molecule has 158 valence electrons. The fraction of sp³-hybridized carbons (Fsp3) is 0.591. The SMILES string of the molecule is Cc1cccc(-c2noc(CN3CCCC(C(=O)NCCCOC(C)C)C3)n2)c1. The van der Waals surface area contributed by atoms with Gasteiger partial charge >= 0.3 is 0 Å². The largest absolute Gasteiger partial charge is 0.379 e. The van der Waals surface area contributed by atoms with Crippen LogP contribution in [-0.4, -0.2) is 53.3 Å². The lowest BCUT2D eigenvalue weighted by Gasteiger charge is -2.30. The van der Waals surface area contributed by atoms with Gasteiger partial charge in [0, 0.05) is 25.3 Å². The molecule has 1 aromatic heterocycles. The van der Waals surface area contributed by atoms with Crippen molar-refractivity contribution in [2.24, 2.45) is 5.92 Å². The van der Waals surface area contributed by atoms with E-state index in [1.165, 1.54) is 0 Å². The maximum absolute atomic E-state index is 12.5. The number of aromatic nitrogens is 2. The van der Waals surface area contributed by atoms with Gasteiger partial charge in [0.15, 0.2) is 0 Å². The van der Waals surface area contributed by atoms with Gasteiger partial charge in [-0.1, -0.05) is 28.9 Å². The number of hydrogen-bond acceptors (Lipinski definition) is 6. The average Bonchev–Trinajstić information content (AvgIpc) is 3.16. The number of aryl methyl sites for hydroxylation is 1. The number of carbonyl (C=O) groups excluding carboxylic acids is 1. The van der Waals surface area contributed by atoms with Crippen molar-refractivity contribution in [3.8, 4) is 11.4 Å². The number of hydrogen-bond donors (Lipinski definition) is 1. The van der Waals surface area contributed by atoms with Gasteiger partial charge in [0.05, 0.1) is 18.6 Å². The molecule has 0 bridgehead atoms. The molecule has 7 nitrogen and oxygen atoms in total. The Morgan fingerprint density at radius 1 is 1.41 bits per heavy atom. The van der Waals surface area contributed by atoms with Crippen molar-refractivity contribution >= 4 is 5.91 Å². The van der Waals surface area contributed by atoms with Crippen molar-refractivity contribution in [2.75, 3.05) is 26.2 Å². The molecule has 1 atom stereocenters. The molecule has 1 amide bonds. The highest BCUT2D eigenvalue weighted by Gasteiger charge is 2.26. The van der Waals surface area contributed by atoms with E-state index >= 15 is 0 Å². The van der Waals surface area contributed by atoms with Crippen LogP contribution in [0.3, 0.4) is 0 Å². The van der Waals surface area contributed by atoms with E-state index in [0.717, 1.165) is 43.5 Å². The van der Waals surface area contributed by atoms with Crippen molar-refractivity contribution in [1.82, 2.24) is 20.4 Å². The van der Waals surface area contributed by atoms with Gasteiger partial charge in [-0.3, -0.25) is 9.69 Å². The van der Waals surface area contributed by atoms with Gasteiger partial charge in [0.25, 0.3) is 0 Å². The smallest absolute Gasteiger partial charge is 0.241 e. The summed E-state index contributed by atoms with van der Waals surface area (Å²) in [5.74, 6) is 1.34. The number of rotatable bonds is 9. The first-order valence-corrected chi connectivity index (χ1v) is 10.5. The monoisotopic (exact) mass is 400 g/mol.